The number of para-hydroxylation sites is 1. The van der Waals surface area contributed by atoms with E-state index in [0.29, 0.717) is 30.1 Å². The van der Waals surface area contributed by atoms with Crippen LogP contribution in [0.2, 0.25) is 5.02 Å². The first-order valence-corrected chi connectivity index (χ1v) is 16.6. The molecule has 0 aromatic heterocycles. The summed E-state index contributed by atoms with van der Waals surface area (Å²) in [5.74, 6) is -2.01. The molecular formula is C35H42ClN3O4S. The van der Waals surface area contributed by atoms with Gasteiger partial charge >= 0.3 is 0 Å². The molecule has 3 heterocycles. The molecule has 2 unspecified atom stereocenters. The number of fused-ring (bicyclic) bond motifs is 1. The van der Waals surface area contributed by atoms with Crippen LogP contribution in [0.4, 0.5) is 11.4 Å². The van der Waals surface area contributed by atoms with Gasteiger partial charge in [0.15, 0.2) is 0 Å². The van der Waals surface area contributed by atoms with Crippen molar-refractivity contribution in [1.82, 2.24) is 4.90 Å². The van der Waals surface area contributed by atoms with E-state index in [0.717, 1.165) is 12.1 Å². The van der Waals surface area contributed by atoms with Crippen LogP contribution in [0.1, 0.15) is 40.0 Å². The van der Waals surface area contributed by atoms with E-state index in [1.54, 1.807) is 62.9 Å². The summed E-state index contributed by atoms with van der Waals surface area (Å²) in [6, 6.07) is 15.1. The molecule has 3 aliphatic rings. The Hall–Kier alpha value is -3.07. The maximum Gasteiger partial charge on any atom is 0.251 e. The summed E-state index contributed by atoms with van der Waals surface area (Å²) >= 11 is 7.81. The van der Waals surface area contributed by atoms with Gasteiger partial charge in [-0.15, -0.1) is 24.9 Å². The van der Waals surface area contributed by atoms with Crippen LogP contribution in [-0.4, -0.2) is 69.0 Å². The Labute approximate surface area is 269 Å². The van der Waals surface area contributed by atoms with Gasteiger partial charge in [-0.2, -0.15) is 0 Å². The van der Waals surface area contributed by atoms with Crippen LogP contribution in [-0.2, 0) is 14.4 Å². The number of halogens is 1. The second-order valence-electron chi connectivity index (χ2n) is 12.4. The molecule has 7 nitrogen and oxygen atoms in total. The van der Waals surface area contributed by atoms with Crippen molar-refractivity contribution in [3.63, 3.8) is 0 Å². The summed E-state index contributed by atoms with van der Waals surface area (Å²) in [7, 11) is 0. The van der Waals surface area contributed by atoms with Gasteiger partial charge < -0.3 is 19.8 Å². The number of aliphatic hydroxyl groups is 1. The molecule has 0 aliphatic carbocycles. The number of carbonyl (C=O) groups is 3. The van der Waals surface area contributed by atoms with Crippen LogP contribution in [0, 0.1) is 17.8 Å². The zero-order valence-corrected chi connectivity index (χ0v) is 27.3. The van der Waals surface area contributed by atoms with Crippen LogP contribution < -0.4 is 9.80 Å². The number of aliphatic hydroxyl groups excluding tert-OH is 1. The standard InChI is InChI=1S/C35H42ClN3O4S/c1-6-20-37(25-12-10-9-11-13-25)31(41)28-29-32(42)39(27(22-40)23(4)8-3)30(35(29)19-18-34(28,5)44-35)33(43)38(21-7-2)26-16-14-24(36)15-17-26/h6-7,9-17,23,27-30,40H,1-2,8,18-22H2,3-5H3/t23-,27-,28-,29-,30?,34+,35?/m0/s1. The zero-order valence-electron chi connectivity index (χ0n) is 25.7. The van der Waals surface area contributed by atoms with Crippen LogP contribution in [0.15, 0.2) is 79.9 Å². The summed E-state index contributed by atoms with van der Waals surface area (Å²) in [5.41, 5.74) is 1.39. The van der Waals surface area contributed by atoms with Crippen molar-refractivity contribution >= 4 is 52.5 Å². The summed E-state index contributed by atoms with van der Waals surface area (Å²) < 4.78 is -1.36. The molecule has 7 atom stereocenters. The van der Waals surface area contributed by atoms with Gasteiger partial charge in [0.1, 0.15) is 6.04 Å². The number of rotatable bonds is 12. The Kier molecular flexibility index (Phi) is 9.36. The van der Waals surface area contributed by atoms with Crippen molar-refractivity contribution in [1.29, 1.82) is 0 Å². The van der Waals surface area contributed by atoms with Gasteiger partial charge in [0.25, 0.3) is 5.91 Å². The highest BCUT2D eigenvalue weighted by Gasteiger charge is 2.78. The lowest BCUT2D eigenvalue weighted by molar-refractivity contribution is -0.143. The van der Waals surface area contributed by atoms with Crippen molar-refractivity contribution in [2.24, 2.45) is 17.8 Å². The van der Waals surface area contributed by atoms with Crippen molar-refractivity contribution in [2.45, 2.75) is 61.6 Å². The molecule has 3 aliphatic heterocycles. The molecule has 3 saturated heterocycles. The lowest BCUT2D eigenvalue weighted by atomic mass is 9.66. The van der Waals surface area contributed by atoms with Gasteiger partial charge in [0, 0.05) is 34.2 Å². The monoisotopic (exact) mass is 635 g/mol. The van der Waals surface area contributed by atoms with E-state index in [9.17, 15) is 19.5 Å². The molecule has 1 spiro atoms. The first-order valence-electron chi connectivity index (χ1n) is 15.4. The maximum absolute atomic E-state index is 14.9. The molecule has 0 saturated carbocycles. The molecule has 3 fully saturated rings. The third kappa shape index (κ3) is 5.19. The largest absolute Gasteiger partial charge is 0.394 e. The van der Waals surface area contributed by atoms with Gasteiger partial charge in [0.05, 0.1) is 29.2 Å². The summed E-state index contributed by atoms with van der Waals surface area (Å²) in [4.78, 5) is 49.4. The van der Waals surface area contributed by atoms with Crippen molar-refractivity contribution < 1.29 is 19.5 Å². The zero-order chi connectivity index (χ0) is 31.8. The topological polar surface area (TPSA) is 81.2 Å². The third-order valence-electron chi connectivity index (χ3n) is 9.92. The van der Waals surface area contributed by atoms with Gasteiger partial charge in [-0.1, -0.05) is 62.2 Å². The average molecular weight is 636 g/mol. The number of likely N-dealkylation sites (tertiary alicyclic amines) is 1. The fourth-order valence-electron chi connectivity index (χ4n) is 7.64. The SMILES string of the molecule is C=CCN(C(=O)C1N([C@@H](CO)[C@@H](C)CC)C(=O)[C@@H]2[C@@H](C(=O)N(CC=C)c3ccccc3)[C@@]3(C)CCC12S3)c1ccc(Cl)cc1. The van der Waals surface area contributed by atoms with E-state index in [-0.39, 0.29) is 36.8 Å². The molecule has 5 rings (SSSR count). The molecule has 2 aromatic rings. The number of nitrogens with zero attached hydrogens (tertiary/aromatic N) is 3. The number of amides is 3. The molecule has 3 amide bonds. The van der Waals surface area contributed by atoms with Crippen LogP contribution in [0.25, 0.3) is 0 Å². The minimum atomic E-state index is -0.865. The molecular weight excluding hydrogens is 594 g/mol. The lowest BCUT2D eigenvalue weighted by Crippen LogP contribution is -2.58. The Morgan fingerprint density at radius 3 is 2.20 bits per heavy atom. The highest BCUT2D eigenvalue weighted by Crippen LogP contribution is 2.72. The number of anilines is 2. The molecule has 9 heteroatoms. The van der Waals surface area contributed by atoms with E-state index in [2.05, 4.69) is 20.1 Å². The number of benzene rings is 2. The second-order valence-corrected chi connectivity index (χ2v) is 14.7. The number of hydrogen-bond donors (Lipinski definition) is 1. The minimum Gasteiger partial charge on any atom is -0.394 e. The quantitative estimate of drug-likeness (QED) is 0.291. The Balaban J connectivity index is 1.65. The van der Waals surface area contributed by atoms with Crippen molar-refractivity contribution in [3.05, 3.63) is 84.9 Å². The molecule has 2 bridgehead atoms. The van der Waals surface area contributed by atoms with E-state index >= 15 is 0 Å². The molecule has 44 heavy (non-hydrogen) atoms. The normalized spacial score (nSPS) is 28.3. The van der Waals surface area contributed by atoms with Crippen molar-refractivity contribution in [3.8, 4) is 0 Å². The van der Waals surface area contributed by atoms with E-state index in [1.807, 2.05) is 44.2 Å². The molecule has 0 radical (unpaired) electrons. The number of carbonyl (C=O) groups excluding carboxylic acids is 3. The second kappa shape index (κ2) is 12.7. The van der Waals surface area contributed by atoms with E-state index in [1.165, 1.54) is 0 Å². The predicted molar refractivity (Wildman–Crippen MR) is 179 cm³/mol. The van der Waals surface area contributed by atoms with E-state index in [4.69, 9.17) is 11.6 Å². The smallest absolute Gasteiger partial charge is 0.251 e. The highest BCUT2D eigenvalue weighted by atomic mass is 35.5. The van der Waals surface area contributed by atoms with Gasteiger partial charge in [-0.25, -0.2) is 0 Å². The first-order chi connectivity index (χ1) is 21.1. The third-order valence-corrected chi connectivity index (χ3v) is 12.2. The van der Waals surface area contributed by atoms with Gasteiger partial charge in [-0.3, -0.25) is 14.4 Å². The predicted octanol–water partition coefficient (Wildman–Crippen LogP) is 5.97. The molecule has 2 aromatic carbocycles. The lowest BCUT2D eigenvalue weighted by Gasteiger charge is -2.41. The van der Waals surface area contributed by atoms with Crippen LogP contribution >= 0.6 is 23.4 Å². The Bertz CT molecular complexity index is 1420. The maximum atomic E-state index is 14.9. The van der Waals surface area contributed by atoms with Gasteiger partial charge in [-0.05, 0) is 62.1 Å². The minimum absolute atomic E-state index is 0.0635. The summed E-state index contributed by atoms with van der Waals surface area (Å²) in [6.07, 6.45) is 5.40. The summed E-state index contributed by atoms with van der Waals surface area (Å²) in [6.45, 7) is 14.1. The van der Waals surface area contributed by atoms with Gasteiger partial charge in [0.2, 0.25) is 11.8 Å². The van der Waals surface area contributed by atoms with Crippen LogP contribution in [0.5, 0.6) is 0 Å². The summed E-state index contributed by atoms with van der Waals surface area (Å²) in [5, 5.41) is 11.3. The number of thioether (sulfide) groups is 1. The molecule has 234 valence electrons. The van der Waals surface area contributed by atoms with E-state index < -0.39 is 33.4 Å². The average Bonchev–Trinajstić information content (AvgIpc) is 3.60. The first kappa shape index (κ1) is 32.3. The van der Waals surface area contributed by atoms with Crippen LogP contribution in [0.3, 0.4) is 0 Å². The number of hydrogen-bond acceptors (Lipinski definition) is 5. The highest BCUT2D eigenvalue weighted by molar-refractivity contribution is 8.02. The fraction of sp³-hybridized carbons (Fsp3) is 0.457. The van der Waals surface area contributed by atoms with Crippen molar-refractivity contribution in [2.75, 3.05) is 29.5 Å². The fourth-order valence-corrected chi connectivity index (χ4v) is 10.1. The Morgan fingerprint density at radius 1 is 1.05 bits per heavy atom. The Morgan fingerprint density at radius 2 is 1.64 bits per heavy atom. The molecule has 1 N–H and O–H groups in total.